The second kappa shape index (κ2) is 9.20. The van der Waals surface area contributed by atoms with Gasteiger partial charge < -0.3 is 10.2 Å². The average Bonchev–Trinajstić information content (AvgIpc) is 3.40. The Kier molecular flexibility index (Phi) is 6.08. The number of thiophene rings is 1. The van der Waals surface area contributed by atoms with Crippen LogP contribution in [0, 0.1) is 28.6 Å². The number of anilines is 1. The molecule has 0 saturated carbocycles. The fourth-order valence-electron chi connectivity index (χ4n) is 5.52. The third kappa shape index (κ3) is 4.19. The van der Waals surface area contributed by atoms with Crippen LogP contribution in [0.1, 0.15) is 30.2 Å². The van der Waals surface area contributed by atoms with Crippen molar-refractivity contribution < 1.29 is 4.79 Å². The summed E-state index contributed by atoms with van der Waals surface area (Å²) in [5.74, 6) is 0.0900. The summed E-state index contributed by atoms with van der Waals surface area (Å²) in [7, 11) is 1.69. The van der Waals surface area contributed by atoms with E-state index in [1.54, 1.807) is 24.5 Å². The SMILES string of the molecule is CN1C(=N)N[C@](C)(c2cc(-c3cccc(C#N)c3)cs2)C(C2CCN(c3ccccc3)CC2)C1=O. The number of nitriles is 1. The second-order valence-electron chi connectivity index (χ2n) is 9.60. The lowest BCUT2D eigenvalue weighted by molar-refractivity contribution is -0.138. The van der Waals surface area contributed by atoms with Crippen LogP contribution in [0.4, 0.5) is 5.69 Å². The maximum Gasteiger partial charge on any atom is 0.235 e. The lowest BCUT2D eigenvalue weighted by Crippen LogP contribution is -2.65. The van der Waals surface area contributed by atoms with Crippen molar-refractivity contribution in [3.63, 3.8) is 0 Å². The molecule has 0 aliphatic carbocycles. The Hall–Kier alpha value is -3.63. The van der Waals surface area contributed by atoms with E-state index in [4.69, 9.17) is 5.41 Å². The van der Waals surface area contributed by atoms with Crippen LogP contribution in [0.25, 0.3) is 11.1 Å². The van der Waals surface area contributed by atoms with Gasteiger partial charge in [0.2, 0.25) is 5.91 Å². The Morgan fingerprint density at radius 1 is 1.09 bits per heavy atom. The Balaban J connectivity index is 1.44. The molecule has 0 spiro atoms. The standard InChI is InChI=1S/C28H29N5OS/c1-28(24-16-22(18-35-24)21-8-6-7-19(15-21)17-29)25(26(34)32(2)27(30)31-28)20-11-13-33(14-12-20)23-9-4-3-5-10-23/h3-10,15-16,18,20,25H,11-14H2,1-2H3,(H2,30,31)/t25?,28-/m1/s1. The summed E-state index contributed by atoms with van der Waals surface area (Å²) in [6.07, 6.45) is 1.85. The molecule has 178 valence electrons. The zero-order valence-corrected chi connectivity index (χ0v) is 20.8. The Morgan fingerprint density at radius 2 is 1.83 bits per heavy atom. The molecule has 3 heterocycles. The average molecular weight is 484 g/mol. The Morgan fingerprint density at radius 3 is 2.54 bits per heavy atom. The van der Waals surface area contributed by atoms with Crippen LogP contribution in [-0.4, -0.2) is 36.9 Å². The van der Waals surface area contributed by atoms with Gasteiger partial charge in [-0.1, -0.05) is 30.3 Å². The van der Waals surface area contributed by atoms with Crippen molar-refractivity contribution in [2.45, 2.75) is 25.3 Å². The fourth-order valence-corrected chi connectivity index (χ4v) is 6.60. The van der Waals surface area contributed by atoms with Crippen LogP contribution in [0.5, 0.6) is 0 Å². The molecule has 7 heteroatoms. The van der Waals surface area contributed by atoms with Crippen molar-refractivity contribution in [2.24, 2.45) is 11.8 Å². The number of benzene rings is 2. The zero-order valence-electron chi connectivity index (χ0n) is 20.0. The molecule has 1 amide bonds. The van der Waals surface area contributed by atoms with Gasteiger partial charge >= 0.3 is 0 Å². The smallest absolute Gasteiger partial charge is 0.235 e. The van der Waals surface area contributed by atoms with E-state index in [1.807, 2.05) is 24.3 Å². The van der Waals surface area contributed by atoms with Crippen molar-refractivity contribution in [2.75, 3.05) is 25.0 Å². The lowest BCUT2D eigenvalue weighted by Gasteiger charge is -2.49. The van der Waals surface area contributed by atoms with Gasteiger partial charge in [-0.25, -0.2) is 0 Å². The molecule has 2 aromatic carbocycles. The van der Waals surface area contributed by atoms with E-state index in [1.165, 1.54) is 10.6 Å². The highest BCUT2D eigenvalue weighted by Crippen LogP contribution is 2.45. The third-order valence-corrected chi connectivity index (χ3v) is 8.67. The summed E-state index contributed by atoms with van der Waals surface area (Å²) in [6, 6.07) is 22.3. The molecule has 2 aliphatic rings. The highest BCUT2D eigenvalue weighted by molar-refractivity contribution is 7.10. The van der Waals surface area contributed by atoms with Gasteiger partial charge in [-0.3, -0.25) is 15.1 Å². The fraction of sp³-hybridized carbons (Fsp3) is 0.321. The van der Waals surface area contributed by atoms with Crippen molar-refractivity contribution in [1.29, 1.82) is 10.7 Å². The largest absolute Gasteiger partial charge is 0.372 e. The zero-order chi connectivity index (χ0) is 24.6. The molecule has 2 N–H and O–H groups in total. The van der Waals surface area contributed by atoms with Crippen LogP contribution in [-0.2, 0) is 10.3 Å². The van der Waals surface area contributed by atoms with Gasteiger partial charge in [0, 0.05) is 30.7 Å². The molecule has 35 heavy (non-hydrogen) atoms. The third-order valence-electron chi connectivity index (χ3n) is 7.50. The first-order valence-electron chi connectivity index (χ1n) is 11.9. The summed E-state index contributed by atoms with van der Waals surface area (Å²) in [5.41, 5.74) is 3.19. The van der Waals surface area contributed by atoms with Crippen LogP contribution >= 0.6 is 11.3 Å². The number of carbonyl (C=O) groups is 1. The summed E-state index contributed by atoms with van der Waals surface area (Å²) in [6.45, 7) is 3.89. The molecule has 3 aromatic rings. The molecule has 0 radical (unpaired) electrons. The Labute approximate surface area is 210 Å². The van der Waals surface area contributed by atoms with Crippen LogP contribution in [0.3, 0.4) is 0 Å². The molecule has 5 rings (SSSR count). The van der Waals surface area contributed by atoms with E-state index in [9.17, 15) is 10.1 Å². The number of rotatable bonds is 4. The topological polar surface area (TPSA) is 83.2 Å². The number of nitrogens with zero attached hydrogens (tertiary/aromatic N) is 3. The highest BCUT2D eigenvalue weighted by atomic mass is 32.1. The van der Waals surface area contributed by atoms with E-state index < -0.39 is 5.54 Å². The van der Waals surface area contributed by atoms with Crippen LogP contribution < -0.4 is 10.2 Å². The quantitative estimate of drug-likeness (QED) is 0.545. The molecular weight excluding hydrogens is 454 g/mol. The van der Waals surface area contributed by atoms with Crippen molar-refractivity contribution in [3.8, 4) is 17.2 Å². The molecule has 2 fully saturated rings. The molecular formula is C28H29N5OS. The lowest BCUT2D eigenvalue weighted by atomic mass is 9.70. The van der Waals surface area contributed by atoms with E-state index in [2.05, 4.69) is 58.9 Å². The van der Waals surface area contributed by atoms with Gasteiger partial charge in [0.25, 0.3) is 0 Å². The van der Waals surface area contributed by atoms with Crippen LogP contribution in [0.15, 0.2) is 66.0 Å². The minimum atomic E-state index is -0.671. The van der Waals surface area contributed by atoms with Crippen molar-refractivity contribution in [1.82, 2.24) is 10.2 Å². The van der Waals surface area contributed by atoms with Gasteiger partial charge in [-0.2, -0.15) is 5.26 Å². The number of nitrogens with one attached hydrogen (secondary N) is 2. The first-order valence-corrected chi connectivity index (χ1v) is 12.8. The maximum absolute atomic E-state index is 13.6. The first-order chi connectivity index (χ1) is 16.9. The Bertz CT molecular complexity index is 1290. The highest BCUT2D eigenvalue weighted by Gasteiger charge is 2.52. The summed E-state index contributed by atoms with van der Waals surface area (Å²) < 4.78 is 0. The van der Waals surface area contributed by atoms with Crippen molar-refractivity contribution >= 4 is 28.9 Å². The number of amides is 1. The summed E-state index contributed by atoms with van der Waals surface area (Å²) in [5, 5.41) is 23.2. The molecule has 6 nitrogen and oxygen atoms in total. The van der Waals surface area contributed by atoms with Gasteiger partial charge in [0.1, 0.15) is 0 Å². The number of guanidine groups is 1. The first kappa shape index (κ1) is 23.1. The predicted molar refractivity (Wildman–Crippen MR) is 140 cm³/mol. The van der Waals surface area contributed by atoms with Crippen molar-refractivity contribution in [3.05, 3.63) is 76.5 Å². The molecule has 1 unspecified atom stereocenters. The second-order valence-corrected chi connectivity index (χ2v) is 10.5. The number of para-hydroxylation sites is 1. The minimum absolute atomic E-state index is 0.0100. The van der Waals surface area contributed by atoms with Gasteiger partial charge in [-0.15, -0.1) is 11.3 Å². The van der Waals surface area contributed by atoms with Crippen LogP contribution in [0.2, 0.25) is 0 Å². The van der Waals surface area contributed by atoms with Gasteiger partial charge in [0.15, 0.2) is 5.96 Å². The summed E-state index contributed by atoms with van der Waals surface area (Å²) >= 11 is 1.61. The monoisotopic (exact) mass is 483 g/mol. The van der Waals surface area contributed by atoms with E-state index in [-0.39, 0.29) is 23.7 Å². The minimum Gasteiger partial charge on any atom is -0.372 e. The predicted octanol–water partition coefficient (Wildman–Crippen LogP) is 5.03. The van der Waals surface area contributed by atoms with Gasteiger partial charge in [-0.05, 0) is 72.5 Å². The molecule has 1 aromatic heterocycles. The number of piperidine rings is 1. The number of carbonyl (C=O) groups excluding carboxylic acids is 1. The number of hydrogen-bond donors (Lipinski definition) is 2. The van der Waals surface area contributed by atoms with E-state index in [0.29, 0.717) is 5.56 Å². The molecule has 2 aliphatic heterocycles. The summed E-state index contributed by atoms with van der Waals surface area (Å²) in [4.78, 5) is 18.5. The number of hydrogen-bond acceptors (Lipinski definition) is 5. The molecule has 0 bridgehead atoms. The van der Waals surface area contributed by atoms with E-state index >= 15 is 0 Å². The normalized spacial score (nSPS) is 23.2. The van der Waals surface area contributed by atoms with Gasteiger partial charge in [0.05, 0.1) is 23.1 Å². The molecule has 2 atom stereocenters. The maximum atomic E-state index is 13.6. The molecule has 2 saturated heterocycles. The van der Waals surface area contributed by atoms with E-state index in [0.717, 1.165) is 41.9 Å².